The molecule has 1 heterocycles. The summed E-state index contributed by atoms with van der Waals surface area (Å²) in [6.45, 7) is 4.06. The van der Waals surface area contributed by atoms with Crippen LogP contribution < -0.4 is 0 Å². The van der Waals surface area contributed by atoms with Gasteiger partial charge in [-0.15, -0.1) is 0 Å². The first kappa shape index (κ1) is 18.2. The van der Waals surface area contributed by atoms with Crippen molar-refractivity contribution in [2.45, 2.75) is 62.3 Å². The van der Waals surface area contributed by atoms with Gasteiger partial charge in [0.05, 0.1) is 5.25 Å². The second-order valence-corrected chi connectivity index (χ2v) is 10.6. The Bertz CT molecular complexity index is 318. The molecule has 1 aliphatic rings. The van der Waals surface area contributed by atoms with Gasteiger partial charge in [0.1, 0.15) is 0 Å². The van der Waals surface area contributed by atoms with Crippen molar-refractivity contribution in [1.82, 2.24) is 0 Å². The van der Waals surface area contributed by atoms with Gasteiger partial charge in [0, 0.05) is 27.8 Å². The van der Waals surface area contributed by atoms with Gasteiger partial charge in [-0.05, 0) is 18.5 Å². The number of rotatable bonds is 7. The summed E-state index contributed by atoms with van der Waals surface area (Å²) in [5.41, 5.74) is -0.717. The molecule has 1 rings (SSSR count). The second-order valence-electron chi connectivity index (χ2n) is 5.25. The first-order chi connectivity index (χ1) is 9.55. The van der Waals surface area contributed by atoms with Crippen molar-refractivity contribution in [2.75, 3.05) is 21.3 Å². The molecule has 0 aromatic carbocycles. The molecule has 1 saturated heterocycles. The fourth-order valence-corrected chi connectivity index (χ4v) is 10.0. The predicted octanol–water partition coefficient (Wildman–Crippen LogP) is 3.35. The number of hydrogen-bond donors (Lipinski definition) is 0. The monoisotopic (exact) mass is 320 g/mol. The van der Waals surface area contributed by atoms with Gasteiger partial charge < -0.3 is 13.9 Å². The minimum absolute atomic E-state index is 0.0388. The van der Waals surface area contributed by atoms with Gasteiger partial charge in [-0.1, -0.05) is 38.5 Å². The van der Waals surface area contributed by atoms with Gasteiger partial charge in [-0.2, -0.15) is 0 Å². The highest BCUT2D eigenvalue weighted by molar-refractivity contribution is 8.14. The lowest BCUT2D eigenvalue weighted by atomic mass is 10.2. The molecule has 0 aromatic heterocycles. The van der Waals surface area contributed by atoms with Gasteiger partial charge >= 0.3 is 0 Å². The van der Waals surface area contributed by atoms with E-state index in [0.717, 1.165) is 31.4 Å². The third-order valence-corrected chi connectivity index (χ3v) is 11.2. The standard InChI is InChI=1S/C14H28O4SSi/c1-6-10-20(18-5)11-8-9-12(19-13(15)7-2)14(20,16-3)17-4/h12H,6-11H2,1-5H3. The highest BCUT2D eigenvalue weighted by Crippen LogP contribution is 2.47. The quantitative estimate of drug-likeness (QED) is 0.532. The molecule has 0 N–H and O–H groups in total. The van der Waals surface area contributed by atoms with E-state index < -0.39 is 13.7 Å². The van der Waals surface area contributed by atoms with Crippen LogP contribution in [0, 0.1) is 0 Å². The van der Waals surface area contributed by atoms with Crippen LogP contribution in [0.1, 0.15) is 39.5 Å². The fourth-order valence-electron chi connectivity index (χ4n) is 3.38. The molecule has 0 spiro atoms. The summed E-state index contributed by atoms with van der Waals surface area (Å²) >= 11 is 1.39. The van der Waals surface area contributed by atoms with E-state index in [4.69, 9.17) is 13.9 Å². The van der Waals surface area contributed by atoms with Crippen molar-refractivity contribution >= 4 is 25.2 Å². The third-order valence-electron chi connectivity index (χ3n) is 4.32. The van der Waals surface area contributed by atoms with E-state index in [-0.39, 0.29) is 10.4 Å². The SMILES string of the molecule is CCC[Si]1(OC)CCCC(SC(=O)CC)C1(OC)OC. The fraction of sp³-hybridized carbons (Fsp3) is 0.929. The maximum atomic E-state index is 11.9. The smallest absolute Gasteiger partial charge is 0.258 e. The molecule has 6 heteroatoms. The van der Waals surface area contributed by atoms with Crippen LogP contribution in [-0.4, -0.2) is 45.4 Å². The predicted molar refractivity (Wildman–Crippen MR) is 85.3 cm³/mol. The van der Waals surface area contributed by atoms with Crippen LogP contribution in [0.25, 0.3) is 0 Å². The molecule has 20 heavy (non-hydrogen) atoms. The molecule has 2 atom stereocenters. The summed E-state index contributed by atoms with van der Waals surface area (Å²) in [7, 11) is 2.96. The molecule has 0 saturated carbocycles. The van der Waals surface area contributed by atoms with Crippen LogP contribution in [0.3, 0.4) is 0 Å². The number of ether oxygens (including phenoxy) is 2. The molecule has 0 aliphatic carbocycles. The molecular formula is C14H28O4SSi. The van der Waals surface area contributed by atoms with E-state index in [1.165, 1.54) is 11.8 Å². The number of thioether (sulfide) groups is 1. The Morgan fingerprint density at radius 3 is 2.40 bits per heavy atom. The molecule has 4 nitrogen and oxygen atoms in total. The number of methoxy groups -OCH3 is 2. The summed E-state index contributed by atoms with van der Waals surface area (Å²) in [5, 5.41) is 0.239. The summed E-state index contributed by atoms with van der Waals surface area (Å²) in [6, 6.07) is 2.04. The Morgan fingerprint density at radius 1 is 1.30 bits per heavy atom. The van der Waals surface area contributed by atoms with Gasteiger partial charge in [-0.25, -0.2) is 0 Å². The van der Waals surface area contributed by atoms with Crippen LogP contribution >= 0.6 is 11.8 Å². The maximum absolute atomic E-state index is 11.9. The van der Waals surface area contributed by atoms with Gasteiger partial charge in [0.25, 0.3) is 8.32 Å². The van der Waals surface area contributed by atoms with Crippen molar-refractivity contribution in [3.63, 3.8) is 0 Å². The van der Waals surface area contributed by atoms with Gasteiger partial charge in [0.15, 0.2) is 10.5 Å². The van der Waals surface area contributed by atoms with Gasteiger partial charge in [0.2, 0.25) is 0 Å². The lowest BCUT2D eigenvalue weighted by molar-refractivity contribution is -0.166. The zero-order valence-electron chi connectivity index (χ0n) is 13.4. The Morgan fingerprint density at radius 2 is 1.95 bits per heavy atom. The first-order valence-corrected chi connectivity index (χ1v) is 10.6. The minimum Gasteiger partial charge on any atom is -0.414 e. The van der Waals surface area contributed by atoms with E-state index in [9.17, 15) is 4.79 Å². The maximum Gasteiger partial charge on any atom is 0.258 e. The largest absolute Gasteiger partial charge is 0.414 e. The molecule has 118 valence electrons. The molecule has 1 fully saturated rings. The molecule has 2 unspecified atom stereocenters. The van der Waals surface area contributed by atoms with Gasteiger partial charge in [-0.3, -0.25) is 4.79 Å². The zero-order chi connectivity index (χ0) is 15.2. The van der Waals surface area contributed by atoms with E-state index in [2.05, 4.69) is 6.92 Å². The number of hydrogen-bond acceptors (Lipinski definition) is 5. The highest BCUT2D eigenvalue weighted by Gasteiger charge is 2.62. The topological polar surface area (TPSA) is 44.8 Å². The van der Waals surface area contributed by atoms with Crippen molar-refractivity contribution in [1.29, 1.82) is 0 Å². The third kappa shape index (κ3) is 3.14. The zero-order valence-corrected chi connectivity index (χ0v) is 15.2. The van der Waals surface area contributed by atoms with Crippen LogP contribution in [0.4, 0.5) is 0 Å². The van der Waals surface area contributed by atoms with E-state index in [1.807, 2.05) is 6.92 Å². The molecule has 1 aliphatic heterocycles. The highest BCUT2D eigenvalue weighted by atomic mass is 32.2. The van der Waals surface area contributed by atoms with Crippen LogP contribution in [0.2, 0.25) is 12.1 Å². The van der Waals surface area contributed by atoms with Crippen LogP contribution in [0.15, 0.2) is 0 Å². The number of carbonyl (C=O) groups is 1. The first-order valence-electron chi connectivity index (χ1n) is 7.40. The van der Waals surface area contributed by atoms with Crippen molar-refractivity contribution in [3.05, 3.63) is 0 Å². The Hall–Kier alpha value is 0.117. The molecule has 0 aromatic rings. The van der Waals surface area contributed by atoms with E-state index in [1.54, 1.807) is 21.3 Å². The van der Waals surface area contributed by atoms with Crippen molar-refractivity contribution in [2.24, 2.45) is 0 Å². The summed E-state index contributed by atoms with van der Waals surface area (Å²) < 4.78 is 17.8. The normalized spacial score (nSPS) is 29.4. The summed E-state index contributed by atoms with van der Waals surface area (Å²) in [4.78, 5) is 11.9. The molecule has 0 amide bonds. The minimum atomic E-state index is -2.20. The second kappa shape index (κ2) is 7.94. The average Bonchev–Trinajstić information content (AvgIpc) is 2.48. The average molecular weight is 321 g/mol. The summed E-state index contributed by atoms with van der Waals surface area (Å²) in [6.07, 6.45) is 3.62. The molecular weight excluding hydrogens is 292 g/mol. The molecule has 0 radical (unpaired) electrons. The lowest BCUT2D eigenvalue weighted by Gasteiger charge is -2.52. The van der Waals surface area contributed by atoms with Crippen LogP contribution in [0.5, 0.6) is 0 Å². The van der Waals surface area contributed by atoms with Crippen molar-refractivity contribution in [3.8, 4) is 0 Å². The number of carbonyl (C=O) groups excluding carboxylic acids is 1. The Labute approximate surface area is 128 Å². The lowest BCUT2D eigenvalue weighted by Crippen LogP contribution is -2.69. The Kier molecular flexibility index (Phi) is 7.21. The Balaban J connectivity index is 3.14. The van der Waals surface area contributed by atoms with E-state index in [0.29, 0.717) is 6.42 Å². The molecule has 0 bridgehead atoms. The van der Waals surface area contributed by atoms with Crippen LogP contribution in [-0.2, 0) is 18.7 Å². The van der Waals surface area contributed by atoms with Crippen molar-refractivity contribution < 1.29 is 18.7 Å². The van der Waals surface area contributed by atoms with E-state index >= 15 is 0 Å². The summed E-state index contributed by atoms with van der Waals surface area (Å²) in [5.74, 6) is 0.